The predicted molar refractivity (Wildman–Crippen MR) is 103 cm³/mol. The Bertz CT molecular complexity index is 1120. The van der Waals surface area contributed by atoms with Crippen molar-refractivity contribution in [2.75, 3.05) is 4.33 Å². The van der Waals surface area contributed by atoms with Crippen LogP contribution in [0.25, 0.3) is 31.9 Å². The monoisotopic (exact) mass is 485 g/mol. The van der Waals surface area contributed by atoms with Crippen LogP contribution in [0.1, 0.15) is 9.88 Å². The van der Waals surface area contributed by atoms with Gasteiger partial charge in [-0.05, 0) is 0 Å². The first-order valence-corrected chi connectivity index (χ1v) is 12.1. The number of aromatic nitrogens is 3. The van der Waals surface area contributed by atoms with Crippen LogP contribution in [-0.4, -0.2) is 42.9 Å². The molecule has 1 N–H and O–H groups in total. The maximum atomic E-state index is 4.83. The number of benzene rings is 1. The number of fused-ring (bicyclic) bond motifs is 2. The summed E-state index contributed by atoms with van der Waals surface area (Å²) in [4.78, 5) is 8.11. The van der Waals surface area contributed by atoms with Gasteiger partial charge in [0.25, 0.3) is 0 Å². The summed E-state index contributed by atoms with van der Waals surface area (Å²) >= 11 is 3.16. The Balaban J connectivity index is 1.91. The quantitative estimate of drug-likeness (QED) is 0.442. The second-order valence-corrected chi connectivity index (χ2v) is 10.3. The van der Waals surface area contributed by atoms with Crippen LogP contribution in [-0.2, 0) is 0 Å². The summed E-state index contributed by atoms with van der Waals surface area (Å²) < 4.78 is 17.9. The van der Waals surface area contributed by atoms with Crippen molar-refractivity contribution in [1.29, 1.82) is 0 Å². The van der Waals surface area contributed by atoms with E-state index in [4.69, 9.17) is 11.9 Å². The third kappa shape index (κ3) is 2.20. The molecule has 120 valence electrons. The van der Waals surface area contributed by atoms with Crippen molar-refractivity contribution in [3.05, 3.63) is 28.2 Å². The van der Waals surface area contributed by atoms with Crippen LogP contribution in [0, 0.1) is 13.8 Å². The van der Waals surface area contributed by atoms with Crippen molar-refractivity contribution in [2.45, 2.75) is 13.8 Å². The van der Waals surface area contributed by atoms with Crippen molar-refractivity contribution in [2.24, 2.45) is 3.96 Å². The third-order valence-electron chi connectivity index (χ3n) is 3.85. The van der Waals surface area contributed by atoms with Gasteiger partial charge >= 0.3 is 159 Å². The molecule has 0 amide bonds. The van der Waals surface area contributed by atoms with Gasteiger partial charge < -0.3 is 0 Å². The molecule has 0 saturated carbocycles. The number of nitrogens with one attached hydrogen (secondary N) is 1. The zero-order chi connectivity index (χ0) is 16.3. The molecule has 1 aromatic carbocycles. The van der Waals surface area contributed by atoms with E-state index < -0.39 is 0 Å². The summed E-state index contributed by atoms with van der Waals surface area (Å²) in [5.74, 6) is 0. The van der Waals surface area contributed by atoms with Crippen molar-refractivity contribution in [3.8, 4) is 20.9 Å². The SMILES string of the molecule is Cc1ccc(-c2c3c(c(-c4cnc(C)s4)c4n[se]nc24)N=[SeH]N3)s1. The molecule has 0 fully saturated rings. The second-order valence-electron chi connectivity index (χ2n) is 5.40. The first-order chi connectivity index (χ1) is 11.7. The Morgan fingerprint density at radius 3 is 2.58 bits per heavy atom. The van der Waals surface area contributed by atoms with Gasteiger partial charge in [0, 0.05) is 0 Å². The molecule has 9 heteroatoms. The molecule has 5 rings (SSSR count). The van der Waals surface area contributed by atoms with Crippen LogP contribution in [0.4, 0.5) is 11.4 Å². The average Bonchev–Trinajstić information content (AvgIpc) is 3.31. The van der Waals surface area contributed by atoms with Gasteiger partial charge in [-0.1, -0.05) is 0 Å². The third-order valence-corrected chi connectivity index (χ3v) is 8.22. The summed E-state index contributed by atoms with van der Waals surface area (Å²) in [6, 6.07) is 4.35. The van der Waals surface area contributed by atoms with Gasteiger partial charge in [0.1, 0.15) is 0 Å². The molecule has 1 aliphatic heterocycles. The molecular formula is C15H11N5S2Se2. The van der Waals surface area contributed by atoms with Gasteiger partial charge in [-0.2, -0.15) is 0 Å². The number of hydrogen-bond acceptors (Lipinski definition) is 7. The van der Waals surface area contributed by atoms with E-state index in [0.717, 1.165) is 37.9 Å². The molecule has 1 aliphatic rings. The molecule has 24 heavy (non-hydrogen) atoms. The normalized spacial score (nSPS) is 13.1. The fourth-order valence-corrected chi connectivity index (χ4v) is 7.16. The first kappa shape index (κ1) is 15.1. The van der Waals surface area contributed by atoms with E-state index in [2.05, 4.69) is 28.4 Å². The molecule has 4 heterocycles. The summed E-state index contributed by atoms with van der Waals surface area (Å²) in [7, 11) is 0. The van der Waals surface area contributed by atoms with E-state index in [-0.39, 0.29) is 29.9 Å². The molecule has 0 aliphatic carbocycles. The van der Waals surface area contributed by atoms with Gasteiger partial charge in [0.05, 0.1) is 0 Å². The minimum absolute atomic E-state index is 0.0827. The number of thiophene rings is 1. The minimum atomic E-state index is -0.263. The van der Waals surface area contributed by atoms with Gasteiger partial charge in [-0.25, -0.2) is 0 Å². The van der Waals surface area contributed by atoms with Gasteiger partial charge in [-0.15, -0.1) is 0 Å². The van der Waals surface area contributed by atoms with E-state index in [9.17, 15) is 0 Å². The number of aryl methyl sites for hydroxylation is 2. The maximum absolute atomic E-state index is 4.83. The number of hydrogen-bond donors (Lipinski definition) is 1. The van der Waals surface area contributed by atoms with Crippen LogP contribution in [0.15, 0.2) is 22.3 Å². The van der Waals surface area contributed by atoms with E-state index >= 15 is 0 Å². The van der Waals surface area contributed by atoms with Crippen LogP contribution >= 0.6 is 22.7 Å². The van der Waals surface area contributed by atoms with E-state index in [1.54, 1.807) is 22.7 Å². The van der Waals surface area contributed by atoms with Crippen LogP contribution in [0.5, 0.6) is 0 Å². The molecule has 0 atom stereocenters. The Morgan fingerprint density at radius 2 is 1.88 bits per heavy atom. The molecule has 0 spiro atoms. The molecule has 0 radical (unpaired) electrons. The Labute approximate surface area is 158 Å². The fourth-order valence-electron chi connectivity index (χ4n) is 2.84. The molecule has 4 aromatic rings. The number of thiazole rings is 1. The summed E-state index contributed by atoms with van der Waals surface area (Å²) in [6.07, 6.45) is 1.94. The molecule has 0 bridgehead atoms. The van der Waals surface area contributed by atoms with Crippen molar-refractivity contribution < 1.29 is 0 Å². The van der Waals surface area contributed by atoms with Crippen molar-refractivity contribution in [3.63, 3.8) is 0 Å². The summed E-state index contributed by atoms with van der Waals surface area (Å²) in [5.41, 5.74) is 6.52. The van der Waals surface area contributed by atoms with Crippen molar-refractivity contribution in [1.82, 2.24) is 12.9 Å². The summed E-state index contributed by atoms with van der Waals surface area (Å²) in [6.45, 7) is 4.17. The summed E-state index contributed by atoms with van der Waals surface area (Å²) in [5, 5.41) is 1.06. The second kappa shape index (κ2) is 5.66. The number of anilines is 1. The standard InChI is InChI=1S/C15H11N5S2Se2/c1-6-3-4-8(21-6)10-12-14(19-23-17-12)11(9-5-16-7(2)22-9)15-13(10)18-24-20-15/h3-5,23H,1-2H3,(H,17,19). The molecule has 0 saturated heterocycles. The number of rotatable bonds is 2. The topological polar surface area (TPSA) is 63.1 Å². The first-order valence-electron chi connectivity index (χ1n) is 7.21. The molecule has 3 aromatic heterocycles. The van der Waals surface area contributed by atoms with Gasteiger partial charge in [-0.3, -0.25) is 0 Å². The average molecular weight is 483 g/mol. The molecule has 0 unspecified atom stereocenters. The van der Waals surface area contributed by atoms with E-state index in [1.807, 2.05) is 13.1 Å². The molecular weight excluding hydrogens is 472 g/mol. The predicted octanol–water partition coefficient (Wildman–Crippen LogP) is 3.75. The van der Waals surface area contributed by atoms with E-state index in [1.165, 1.54) is 15.3 Å². The zero-order valence-corrected chi connectivity index (χ0v) is 17.9. The zero-order valence-electron chi connectivity index (χ0n) is 12.7. The van der Waals surface area contributed by atoms with Gasteiger partial charge in [0.2, 0.25) is 0 Å². The Hall–Kier alpha value is -1.21. The van der Waals surface area contributed by atoms with Crippen molar-refractivity contribution >= 4 is 75.0 Å². The van der Waals surface area contributed by atoms with Crippen LogP contribution in [0.3, 0.4) is 0 Å². The number of nitrogens with zero attached hydrogens (tertiary/aromatic N) is 4. The van der Waals surface area contributed by atoms with Gasteiger partial charge in [0.15, 0.2) is 0 Å². The fraction of sp³-hybridized carbons (Fsp3) is 0.133. The Kier molecular flexibility index (Phi) is 3.56. The Morgan fingerprint density at radius 1 is 1.04 bits per heavy atom. The van der Waals surface area contributed by atoms with Crippen LogP contribution in [0.2, 0.25) is 0 Å². The molecule has 5 nitrogen and oxygen atoms in total. The van der Waals surface area contributed by atoms with E-state index in [0.29, 0.717) is 0 Å². The van der Waals surface area contributed by atoms with Crippen LogP contribution < -0.4 is 4.33 Å².